The Balaban J connectivity index is 2.17. The van der Waals surface area contributed by atoms with Crippen molar-refractivity contribution < 1.29 is 9.59 Å². The van der Waals surface area contributed by atoms with Crippen LogP contribution in [0.15, 0.2) is 11.1 Å². The number of nitrogens with one attached hydrogen (secondary N) is 2. The minimum absolute atomic E-state index is 0.113. The summed E-state index contributed by atoms with van der Waals surface area (Å²) in [7, 11) is 0. The lowest BCUT2D eigenvalue weighted by Crippen LogP contribution is -2.53. The van der Waals surface area contributed by atoms with Crippen molar-refractivity contribution in [3.8, 4) is 0 Å². The SMILES string of the molecule is N=C(N)S/C=C1/NC(=O)[C@@H]2CCCN2C1=O. The maximum absolute atomic E-state index is 11.9. The standard InChI is InChI=1S/C9H12N4O2S/c10-9(11)16-4-5-8(15)13-3-1-2-6(13)7(14)12-5/h4,6H,1-3H2,(H3,10,11)(H,12,14)/b5-4+/t6-/m0/s1. The van der Waals surface area contributed by atoms with Crippen LogP contribution in [0.2, 0.25) is 0 Å². The Morgan fingerprint density at radius 3 is 3.06 bits per heavy atom. The molecule has 2 aliphatic heterocycles. The monoisotopic (exact) mass is 240 g/mol. The lowest BCUT2D eigenvalue weighted by molar-refractivity contribution is -0.140. The van der Waals surface area contributed by atoms with Crippen molar-refractivity contribution >= 4 is 28.7 Å². The summed E-state index contributed by atoms with van der Waals surface area (Å²) < 4.78 is 0. The van der Waals surface area contributed by atoms with Gasteiger partial charge in [-0.2, -0.15) is 0 Å². The zero-order valence-corrected chi connectivity index (χ0v) is 9.34. The molecule has 7 heteroatoms. The fraction of sp³-hybridized carbons (Fsp3) is 0.444. The Labute approximate surface area is 96.7 Å². The molecule has 0 radical (unpaired) electrons. The van der Waals surface area contributed by atoms with Crippen molar-refractivity contribution in [2.75, 3.05) is 6.54 Å². The second-order valence-electron chi connectivity index (χ2n) is 3.66. The smallest absolute Gasteiger partial charge is 0.271 e. The molecule has 0 saturated carbocycles. The molecule has 16 heavy (non-hydrogen) atoms. The van der Waals surface area contributed by atoms with Crippen LogP contribution in [0.25, 0.3) is 0 Å². The minimum Gasteiger partial charge on any atom is -0.378 e. The van der Waals surface area contributed by atoms with Gasteiger partial charge in [0.25, 0.3) is 5.91 Å². The van der Waals surface area contributed by atoms with Crippen molar-refractivity contribution in [2.24, 2.45) is 5.73 Å². The number of thioether (sulfide) groups is 1. The molecule has 0 spiro atoms. The summed E-state index contributed by atoms with van der Waals surface area (Å²) >= 11 is 0.915. The van der Waals surface area contributed by atoms with E-state index in [-0.39, 0.29) is 28.7 Å². The molecule has 4 N–H and O–H groups in total. The van der Waals surface area contributed by atoms with Gasteiger partial charge in [-0.1, -0.05) is 11.8 Å². The molecule has 2 amide bonds. The average Bonchev–Trinajstić information content (AvgIpc) is 2.70. The number of rotatable bonds is 1. The summed E-state index contributed by atoms with van der Waals surface area (Å²) in [6, 6.07) is -0.313. The number of nitrogens with two attached hydrogens (primary N) is 1. The summed E-state index contributed by atoms with van der Waals surface area (Å²) in [6.45, 7) is 0.624. The van der Waals surface area contributed by atoms with Crippen LogP contribution in [0.1, 0.15) is 12.8 Å². The topological polar surface area (TPSA) is 99.3 Å². The van der Waals surface area contributed by atoms with Crippen molar-refractivity contribution in [1.29, 1.82) is 5.41 Å². The molecule has 2 saturated heterocycles. The second-order valence-corrected chi connectivity index (χ2v) is 4.57. The molecule has 0 aromatic carbocycles. The van der Waals surface area contributed by atoms with Crippen LogP contribution in [-0.2, 0) is 9.59 Å². The predicted octanol–water partition coefficient (Wildman–Crippen LogP) is -0.425. The number of piperazine rings is 1. The first-order valence-corrected chi connectivity index (χ1v) is 5.80. The van der Waals surface area contributed by atoms with Crippen LogP contribution >= 0.6 is 11.8 Å². The third kappa shape index (κ3) is 1.90. The summed E-state index contributed by atoms with van der Waals surface area (Å²) in [6.07, 6.45) is 1.58. The average molecular weight is 240 g/mol. The van der Waals surface area contributed by atoms with Crippen molar-refractivity contribution in [1.82, 2.24) is 10.2 Å². The molecule has 2 fully saturated rings. The van der Waals surface area contributed by atoms with Gasteiger partial charge >= 0.3 is 0 Å². The van der Waals surface area contributed by atoms with Gasteiger partial charge in [-0.3, -0.25) is 15.0 Å². The summed E-state index contributed by atoms with van der Waals surface area (Å²) in [5.74, 6) is -0.330. The molecule has 2 rings (SSSR count). The van der Waals surface area contributed by atoms with E-state index in [2.05, 4.69) is 5.32 Å². The number of carbonyl (C=O) groups excluding carboxylic acids is 2. The fourth-order valence-corrected chi connectivity index (χ4v) is 2.31. The highest BCUT2D eigenvalue weighted by Crippen LogP contribution is 2.24. The zero-order chi connectivity index (χ0) is 11.7. The number of amides is 2. The summed E-state index contributed by atoms with van der Waals surface area (Å²) in [5.41, 5.74) is 5.37. The van der Waals surface area contributed by atoms with E-state index in [0.717, 1.165) is 24.6 Å². The molecule has 0 unspecified atom stereocenters. The van der Waals surface area contributed by atoms with Gasteiger partial charge in [0.2, 0.25) is 5.91 Å². The maximum atomic E-state index is 11.9. The Hall–Kier alpha value is -1.50. The van der Waals surface area contributed by atoms with E-state index >= 15 is 0 Å². The van der Waals surface area contributed by atoms with Gasteiger partial charge in [0.1, 0.15) is 11.7 Å². The van der Waals surface area contributed by atoms with Crippen LogP contribution in [0.5, 0.6) is 0 Å². The minimum atomic E-state index is -0.313. The lowest BCUT2D eigenvalue weighted by Gasteiger charge is -2.30. The quantitative estimate of drug-likeness (QED) is 0.329. The third-order valence-corrected chi connectivity index (χ3v) is 3.22. The first kappa shape index (κ1) is 11.0. The van der Waals surface area contributed by atoms with E-state index < -0.39 is 0 Å². The molecule has 2 heterocycles. The maximum Gasteiger partial charge on any atom is 0.271 e. The Bertz CT molecular complexity index is 393. The van der Waals surface area contributed by atoms with Gasteiger partial charge in [0, 0.05) is 12.0 Å². The highest BCUT2D eigenvalue weighted by Gasteiger charge is 2.40. The second kappa shape index (κ2) is 4.17. The summed E-state index contributed by atoms with van der Waals surface area (Å²) in [4.78, 5) is 25.1. The fourth-order valence-electron chi connectivity index (χ4n) is 1.91. The van der Waals surface area contributed by atoms with E-state index in [9.17, 15) is 9.59 Å². The third-order valence-electron chi connectivity index (χ3n) is 2.61. The van der Waals surface area contributed by atoms with Crippen LogP contribution in [0.4, 0.5) is 0 Å². The van der Waals surface area contributed by atoms with Gasteiger partial charge in [-0.15, -0.1) is 0 Å². The molecule has 86 valence electrons. The molecule has 0 aromatic heterocycles. The molecule has 6 nitrogen and oxygen atoms in total. The Morgan fingerprint density at radius 1 is 1.62 bits per heavy atom. The van der Waals surface area contributed by atoms with E-state index in [4.69, 9.17) is 11.1 Å². The number of nitrogens with zero attached hydrogens (tertiary/aromatic N) is 1. The van der Waals surface area contributed by atoms with Crippen LogP contribution in [0.3, 0.4) is 0 Å². The highest BCUT2D eigenvalue weighted by molar-refractivity contribution is 8.16. The molecular formula is C9H12N4O2S. The van der Waals surface area contributed by atoms with Crippen LogP contribution in [0, 0.1) is 5.41 Å². The van der Waals surface area contributed by atoms with Crippen molar-refractivity contribution in [2.45, 2.75) is 18.9 Å². The molecule has 0 bridgehead atoms. The molecular weight excluding hydrogens is 228 g/mol. The van der Waals surface area contributed by atoms with Gasteiger partial charge in [0.15, 0.2) is 5.17 Å². The molecule has 0 aromatic rings. The summed E-state index contributed by atoms with van der Waals surface area (Å²) in [5, 5.41) is 10.9. The number of hydrogen-bond donors (Lipinski definition) is 3. The molecule has 1 atom stereocenters. The van der Waals surface area contributed by atoms with E-state index in [0.29, 0.717) is 6.54 Å². The number of fused-ring (bicyclic) bond motifs is 1. The number of carbonyl (C=O) groups is 2. The van der Waals surface area contributed by atoms with Crippen LogP contribution in [-0.4, -0.2) is 34.5 Å². The van der Waals surface area contributed by atoms with Gasteiger partial charge in [-0.05, 0) is 12.8 Å². The Morgan fingerprint density at radius 2 is 2.38 bits per heavy atom. The lowest BCUT2D eigenvalue weighted by atomic mass is 10.1. The zero-order valence-electron chi connectivity index (χ0n) is 8.53. The Kier molecular flexibility index (Phi) is 2.86. The first-order valence-electron chi connectivity index (χ1n) is 4.92. The highest BCUT2D eigenvalue weighted by atomic mass is 32.2. The van der Waals surface area contributed by atoms with E-state index in [1.54, 1.807) is 4.90 Å². The normalized spacial score (nSPS) is 26.9. The molecule has 2 aliphatic rings. The predicted molar refractivity (Wildman–Crippen MR) is 60.5 cm³/mol. The molecule has 0 aliphatic carbocycles. The van der Waals surface area contributed by atoms with Crippen molar-refractivity contribution in [3.63, 3.8) is 0 Å². The largest absolute Gasteiger partial charge is 0.378 e. The van der Waals surface area contributed by atoms with E-state index in [1.807, 2.05) is 0 Å². The van der Waals surface area contributed by atoms with Crippen LogP contribution < -0.4 is 11.1 Å². The van der Waals surface area contributed by atoms with Crippen molar-refractivity contribution in [3.05, 3.63) is 11.1 Å². The number of hydrogen-bond acceptors (Lipinski definition) is 4. The first-order chi connectivity index (χ1) is 7.59. The van der Waals surface area contributed by atoms with Gasteiger partial charge < -0.3 is 16.0 Å². The van der Waals surface area contributed by atoms with E-state index in [1.165, 1.54) is 5.41 Å². The van der Waals surface area contributed by atoms with Gasteiger partial charge in [0.05, 0.1) is 0 Å². The van der Waals surface area contributed by atoms with Gasteiger partial charge in [-0.25, -0.2) is 0 Å². The number of amidine groups is 1.